The third-order valence-corrected chi connectivity index (χ3v) is 4.00. The average Bonchev–Trinajstić information content (AvgIpc) is 2.80. The van der Waals surface area contributed by atoms with E-state index in [0.29, 0.717) is 36.3 Å². The highest BCUT2D eigenvalue weighted by molar-refractivity contribution is 6.32. The number of aromatic nitrogens is 1. The highest BCUT2D eigenvalue weighted by atomic mass is 35.5. The van der Waals surface area contributed by atoms with E-state index in [9.17, 15) is 4.79 Å². The molecule has 6 nitrogen and oxygen atoms in total. The lowest BCUT2D eigenvalue weighted by atomic mass is 10.1. The van der Waals surface area contributed by atoms with Gasteiger partial charge < -0.3 is 18.9 Å². The summed E-state index contributed by atoms with van der Waals surface area (Å²) in [5.74, 6) is 1.83. The average molecular weight is 351 g/mol. The summed E-state index contributed by atoms with van der Waals surface area (Å²) in [4.78, 5) is 14.0. The number of amides is 1. The molecule has 1 aliphatic rings. The molecule has 1 amide bonds. The number of fused-ring (bicyclic) bond motifs is 1. The predicted molar refractivity (Wildman–Crippen MR) is 88.5 cm³/mol. The number of aryl methyl sites for hydroxylation is 1. The van der Waals surface area contributed by atoms with Crippen molar-refractivity contribution >= 4 is 17.5 Å². The first-order chi connectivity index (χ1) is 11.5. The third kappa shape index (κ3) is 3.82. The molecule has 2 heterocycles. The van der Waals surface area contributed by atoms with Crippen molar-refractivity contribution in [1.29, 1.82) is 0 Å². The molecule has 3 rings (SSSR count). The first-order valence-electron chi connectivity index (χ1n) is 7.77. The number of nitrogens with zero attached hydrogens (tertiary/aromatic N) is 2. The Morgan fingerprint density at radius 2 is 2.08 bits per heavy atom. The molecule has 0 spiro atoms. The summed E-state index contributed by atoms with van der Waals surface area (Å²) in [6.07, 6.45) is 1.03. The van der Waals surface area contributed by atoms with Crippen LogP contribution in [0.25, 0.3) is 0 Å². The lowest BCUT2D eigenvalue weighted by molar-refractivity contribution is -0.129. The second-order valence-electron chi connectivity index (χ2n) is 5.81. The largest absolute Gasteiger partial charge is 0.489 e. The topological polar surface area (TPSA) is 64.8 Å². The molecule has 2 aromatic rings. The Kier molecular flexibility index (Phi) is 4.94. The van der Waals surface area contributed by atoms with E-state index >= 15 is 0 Å². The van der Waals surface area contributed by atoms with E-state index in [1.807, 2.05) is 19.1 Å². The molecule has 0 N–H and O–H groups in total. The van der Waals surface area contributed by atoms with Gasteiger partial charge in [-0.15, -0.1) is 0 Å². The maximum Gasteiger partial charge on any atom is 0.227 e. The van der Waals surface area contributed by atoms with Gasteiger partial charge in [-0.25, -0.2) is 0 Å². The van der Waals surface area contributed by atoms with Crippen LogP contribution in [-0.2, 0) is 17.8 Å². The molecule has 1 aliphatic heterocycles. The van der Waals surface area contributed by atoms with Crippen molar-refractivity contribution in [3.8, 4) is 11.5 Å². The van der Waals surface area contributed by atoms with E-state index in [1.54, 1.807) is 18.0 Å². The lowest BCUT2D eigenvalue weighted by Gasteiger charge is -2.16. The number of hydrogen-bond acceptors (Lipinski definition) is 5. The van der Waals surface area contributed by atoms with Crippen molar-refractivity contribution in [1.82, 2.24) is 10.1 Å². The van der Waals surface area contributed by atoms with Crippen molar-refractivity contribution in [2.75, 3.05) is 20.3 Å². The second-order valence-corrected chi connectivity index (χ2v) is 6.22. The van der Waals surface area contributed by atoms with Crippen LogP contribution in [0.1, 0.15) is 23.4 Å². The van der Waals surface area contributed by atoms with Gasteiger partial charge in [0.05, 0.1) is 31.2 Å². The van der Waals surface area contributed by atoms with Gasteiger partial charge in [-0.05, 0) is 24.6 Å². The van der Waals surface area contributed by atoms with Crippen LogP contribution in [0.2, 0.25) is 5.02 Å². The SMILES string of the molecule is Cc1cc(CN(C)C(=O)Cc2cc(Cl)c3c(c2)OCCCO3)no1. The molecular weight excluding hydrogens is 332 g/mol. The number of carbonyl (C=O) groups excluding carboxylic acids is 1. The number of hydrogen-bond donors (Lipinski definition) is 0. The maximum atomic E-state index is 12.4. The minimum Gasteiger partial charge on any atom is -0.489 e. The second kappa shape index (κ2) is 7.13. The molecule has 1 aromatic carbocycles. The molecule has 0 saturated heterocycles. The maximum absolute atomic E-state index is 12.4. The molecule has 1 aromatic heterocycles. The van der Waals surface area contributed by atoms with Crippen LogP contribution in [0, 0.1) is 6.92 Å². The van der Waals surface area contributed by atoms with Crippen LogP contribution in [0.15, 0.2) is 22.7 Å². The van der Waals surface area contributed by atoms with Gasteiger partial charge in [0.2, 0.25) is 5.91 Å². The van der Waals surface area contributed by atoms with Crippen LogP contribution in [0.5, 0.6) is 11.5 Å². The molecule has 128 valence electrons. The Morgan fingerprint density at radius 1 is 1.29 bits per heavy atom. The minimum atomic E-state index is -0.0405. The number of likely N-dealkylation sites (N-methyl/N-ethyl adjacent to an activating group) is 1. The van der Waals surface area contributed by atoms with Crippen molar-refractivity contribution in [3.05, 3.63) is 40.2 Å². The van der Waals surface area contributed by atoms with Crippen LogP contribution < -0.4 is 9.47 Å². The molecule has 0 atom stereocenters. The van der Waals surface area contributed by atoms with Crippen LogP contribution in [0.3, 0.4) is 0 Å². The zero-order valence-corrected chi connectivity index (χ0v) is 14.4. The summed E-state index contributed by atoms with van der Waals surface area (Å²) in [5, 5.41) is 4.37. The standard InChI is InChI=1S/C17H19ClN2O4/c1-11-6-13(19-24-11)10-20(2)16(21)9-12-7-14(18)17-15(8-12)22-4-3-5-23-17/h6-8H,3-5,9-10H2,1-2H3. The quantitative estimate of drug-likeness (QED) is 0.848. The highest BCUT2D eigenvalue weighted by Crippen LogP contribution is 2.38. The normalized spacial score (nSPS) is 13.5. The van der Waals surface area contributed by atoms with Gasteiger partial charge in [0.1, 0.15) is 11.5 Å². The van der Waals surface area contributed by atoms with Gasteiger partial charge in [0.25, 0.3) is 0 Å². The van der Waals surface area contributed by atoms with E-state index in [1.165, 1.54) is 0 Å². The van der Waals surface area contributed by atoms with E-state index in [4.69, 9.17) is 25.6 Å². The van der Waals surface area contributed by atoms with Gasteiger partial charge in [-0.2, -0.15) is 0 Å². The summed E-state index contributed by atoms with van der Waals surface area (Å²) >= 11 is 6.26. The van der Waals surface area contributed by atoms with E-state index in [-0.39, 0.29) is 12.3 Å². The third-order valence-electron chi connectivity index (χ3n) is 3.72. The molecule has 0 saturated carbocycles. The highest BCUT2D eigenvalue weighted by Gasteiger charge is 2.18. The van der Waals surface area contributed by atoms with Crippen LogP contribution in [0.4, 0.5) is 0 Å². The fourth-order valence-corrected chi connectivity index (χ4v) is 2.81. The molecule has 0 unspecified atom stereocenters. The monoisotopic (exact) mass is 350 g/mol. The molecule has 0 fully saturated rings. The first kappa shape index (κ1) is 16.6. The minimum absolute atomic E-state index is 0.0405. The van der Waals surface area contributed by atoms with E-state index in [2.05, 4.69) is 5.16 Å². The fraction of sp³-hybridized carbons (Fsp3) is 0.412. The van der Waals surface area contributed by atoms with Crippen LogP contribution >= 0.6 is 11.6 Å². The van der Waals surface area contributed by atoms with Crippen molar-refractivity contribution in [3.63, 3.8) is 0 Å². The zero-order chi connectivity index (χ0) is 17.1. The van der Waals surface area contributed by atoms with Crippen LogP contribution in [-0.4, -0.2) is 36.2 Å². The summed E-state index contributed by atoms with van der Waals surface area (Å²) in [6.45, 7) is 3.36. The first-order valence-corrected chi connectivity index (χ1v) is 8.15. The van der Waals surface area contributed by atoms with Gasteiger partial charge in [-0.3, -0.25) is 4.79 Å². The van der Waals surface area contributed by atoms with E-state index in [0.717, 1.165) is 23.4 Å². The molecule has 0 radical (unpaired) electrons. The summed E-state index contributed by atoms with van der Waals surface area (Å²) in [5.41, 5.74) is 1.51. The molecule has 7 heteroatoms. The number of halogens is 1. The summed E-state index contributed by atoms with van der Waals surface area (Å²) in [7, 11) is 1.73. The molecular formula is C17H19ClN2O4. The number of ether oxygens (including phenoxy) is 2. The molecule has 0 bridgehead atoms. The van der Waals surface area contributed by atoms with Gasteiger partial charge >= 0.3 is 0 Å². The van der Waals surface area contributed by atoms with Gasteiger partial charge in [-0.1, -0.05) is 16.8 Å². The lowest BCUT2D eigenvalue weighted by Crippen LogP contribution is -2.27. The smallest absolute Gasteiger partial charge is 0.227 e. The number of benzene rings is 1. The Hall–Kier alpha value is -2.21. The Morgan fingerprint density at radius 3 is 2.83 bits per heavy atom. The predicted octanol–water partition coefficient (Wildman–Crippen LogP) is 3.00. The molecule has 0 aliphatic carbocycles. The van der Waals surface area contributed by atoms with Crippen molar-refractivity contribution < 1.29 is 18.8 Å². The Balaban J connectivity index is 1.69. The van der Waals surface area contributed by atoms with E-state index < -0.39 is 0 Å². The zero-order valence-electron chi connectivity index (χ0n) is 13.7. The Labute approximate surface area is 145 Å². The summed E-state index contributed by atoms with van der Waals surface area (Å²) < 4.78 is 16.3. The summed E-state index contributed by atoms with van der Waals surface area (Å²) in [6, 6.07) is 5.38. The number of carbonyl (C=O) groups is 1. The molecule has 24 heavy (non-hydrogen) atoms. The van der Waals surface area contributed by atoms with Gasteiger partial charge in [0, 0.05) is 19.5 Å². The number of rotatable bonds is 4. The van der Waals surface area contributed by atoms with Crippen molar-refractivity contribution in [2.45, 2.75) is 26.3 Å². The van der Waals surface area contributed by atoms with Crippen molar-refractivity contribution in [2.24, 2.45) is 0 Å². The fourth-order valence-electron chi connectivity index (χ4n) is 2.52. The Bertz CT molecular complexity index is 744. The van der Waals surface area contributed by atoms with Gasteiger partial charge in [0.15, 0.2) is 11.5 Å².